The van der Waals surface area contributed by atoms with Crippen LogP contribution in [0.3, 0.4) is 0 Å². The van der Waals surface area contributed by atoms with Crippen molar-refractivity contribution in [1.29, 1.82) is 0 Å². The second-order valence-corrected chi connectivity index (χ2v) is 11.1. The molecule has 3 rings (SSSR count). The quantitative estimate of drug-likeness (QED) is 0.553. The number of hydrogen-bond donors (Lipinski definition) is 0. The van der Waals surface area contributed by atoms with Crippen LogP contribution in [0.1, 0.15) is 63.8 Å². The molecule has 2 aromatic rings. The van der Waals surface area contributed by atoms with Gasteiger partial charge in [0.15, 0.2) is 0 Å². The maximum Gasteiger partial charge on any atom is 0.246 e. The topological polar surface area (TPSA) is 40.6 Å². The summed E-state index contributed by atoms with van der Waals surface area (Å²) in [6, 6.07) is 16.6. The van der Waals surface area contributed by atoms with E-state index < -0.39 is 0 Å². The molecule has 1 aliphatic heterocycles. The van der Waals surface area contributed by atoms with Gasteiger partial charge in [0.2, 0.25) is 11.8 Å². The number of nitrogens with zero attached hydrogens (tertiary/aromatic N) is 2. The lowest BCUT2D eigenvalue weighted by atomic mass is 9.87. The Hall–Kier alpha value is -3.14. The third kappa shape index (κ3) is 6.93. The first kappa shape index (κ1) is 25.5. The molecule has 1 saturated heterocycles. The van der Waals surface area contributed by atoms with Crippen LogP contribution in [0, 0.1) is 0 Å². The van der Waals surface area contributed by atoms with Gasteiger partial charge in [-0.15, -0.1) is 0 Å². The summed E-state index contributed by atoms with van der Waals surface area (Å²) in [5, 5.41) is 0. The van der Waals surface area contributed by atoms with Crippen LogP contribution in [-0.4, -0.2) is 47.8 Å². The lowest BCUT2D eigenvalue weighted by Gasteiger charge is -2.33. The van der Waals surface area contributed by atoms with Crippen molar-refractivity contribution in [2.45, 2.75) is 52.4 Å². The zero-order valence-corrected chi connectivity index (χ0v) is 21.5. The molecule has 1 heterocycles. The molecule has 0 unspecified atom stereocenters. The molecular formula is C30H38N2O2. The number of hydrogen-bond acceptors (Lipinski definition) is 2. The largest absolute Gasteiger partial charge is 0.336 e. The van der Waals surface area contributed by atoms with Crippen LogP contribution in [0.25, 0.3) is 12.2 Å². The van der Waals surface area contributed by atoms with Gasteiger partial charge >= 0.3 is 0 Å². The molecule has 1 aliphatic rings. The highest BCUT2D eigenvalue weighted by atomic mass is 16.2. The predicted molar refractivity (Wildman–Crippen MR) is 142 cm³/mol. The molecule has 0 atom stereocenters. The van der Waals surface area contributed by atoms with Crippen LogP contribution in [0.2, 0.25) is 0 Å². The number of carbonyl (C=O) groups is 2. The van der Waals surface area contributed by atoms with Gasteiger partial charge in [-0.2, -0.15) is 0 Å². The first-order valence-electron chi connectivity index (χ1n) is 12.1. The number of benzene rings is 2. The van der Waals surface area contributed by atoms with Gasteiger partial charge in [0.05, 0.1) is 0 Å². The van der Waals surface area contributed by atoms with Crippen molar-refractivity contribution in [3.8, 4) is 0 Å². The molecule has 0 N–H and O–H groups in total. The predicted octanol–water partition coefficient (Wildman–Crippen LogP) is 5.68. The SMILES string of the molecule is CC(C)(C)c1ccc(/C=C/C(=O)N2CCN(C(=O)/C=C/c3ccc(C(C)(C)C)cc3)CC2)cc1. The average Bonchev–Trinajstić information content (AvgIpc) is 2.80. The Morgan fingerprint density at radius 3 is 1.15 bits per heavy atom. The molecule has 0 radical (unpaired) electrons. The summed E-state index contributed by atoms with van der Waals surface area (Å²) in [7, 11) is 0. The first-order valence-corrected chi connectivity index (χ1v) is 12.1. The minimum Gasteiger partial charge on any atom is -0.336 e. The van der Waals surface area contributed by atoms with Crippen LogP contribution in [0.5, 0.6) is 0 Å². The average molecular weight is 459 g/mol. The van der Waals surface area contributed by atoms with E-state index in [0.29, 0.717) is 26.2 Å². The van der Waals surface area contributed by atoms with Gasteiger partial charge in [0.1, 0.15) is 0 Å². The van der Waals surface area contributed by atoms with Gasteiger partial charge in [-0.1, -0.05) is 90.1 Å². The number of piperazine rings is 1. The maximum absolute atomic E-state index is 12.6. The highest BCUT2D eigenvalue weighted by Gasteiger charge is 2.22. The van der Waals surface area contributed by atoms with Gasteiger partial charge in [0, 0.05) is 38.3 Å². The molecule has 0 bridgehead atoms. The van der Waals surface area contributed by atoms with Crippen LogP contribution in [-0.2, 0) is 20.4 Å². The summed E-state index contributed by atoms with van der Waals surface area (Å²) in [4.78, 5) is 28.8. The summed E-state index contributed by atoms with van der Waals surface area (Å²) in [6.07, 6.45) is 6.98. The normalized spacial score (nSPS) is 15.4. The smallest absolute Gasteiger partial charge is 0.246 e. The highest BCUT2D eigenvalue weighted by molar-refractivity contribution is 5.93. The fourth-order valence-corrected chi connectivity index (χ4v) is 3.88. The van der Waals surface area contributed by atoms with Crippen LogP contribution in [0.4, 0.5) is 0 Å². The molecule has 1 fully saturated rings. The van der Waals surface area contributed by atoms with Crippen LogP contribution >= 0.6 is 0 Å². The zero-order chi connectivity index (χ0) is 24.9. The van der Waals surface area contributed by atoms with Crippen molar-refractivity contribution in [3.05, 3.63) is 82.9 Å². The van der Waals surface area contributed by atoms with Crippen molar-refractivity contribution >= 4 is 24.0 Å². The molecule has 4 nitrogen and oxygen atoms in total. The van der Waals surface area contributed by atoms with E-state index in [9.17, 15) is 9.59 Å². The van der Waals surface area contributed by atoms with Crippen molar-refractivity contribution in [2.75, 3.05) is 26.2 Å². The number of carbonyl (C=O) groups excluding carboxylic acids is 2. The van der Waals surface area contributed by atoms with E-state index >= 15 is 0 Å². The standard InChI is InChI=1S/C30H38N2O2/c1-29(2,3)25-13-7-23(8-14-25)11-17-27(33)31-19-21-32(22-20-31)28(34)18-12-24-9-15-26(16-10-24)30(4,5)6/h7-18H,19-22H2,1-6H3/b17-11+,18-12+. The van der Waals surface area contributed by atoms with Crippen molar-refractivity contribution in [3.63, 3.8) is 0 Å². The van der Waals surface area contributed by atoms with Crippen LogP contribution < -0.4 is 0 Å². The second kappa shape index (κ2) is 10.4. The number of amides is 2. The maximum atomic E-state index is 12.6. The highest BCUT2D eigenvalue weighted by Crippen LogP contribution is 2.23. The fourth-order valence-electron chi connectivity index (χ4n) is 3.88. The molecule has 0 spiro atoms. The van der Waals surface area contributed by atoms with E-state index in [1.54, 1.807) is 22.0 Å². The van der Waals surface area contributed by atoms with Gasteiger partial charge in [0.25, 0.3) is 0 Å². The van der Waals surface area contributed by atoms with Crippen molar-refractivity contribution < 1.29 is 9.59 Å². The molecule has 4 heteroatoms. The van der Waals surface area contributed by atoms with E-state index in [4.69, 9.17) is 0 Å². The van der Waals surface area contributed by atoms with E-state index in [1.807, 2.05) is 36.4 Å². The molecule has 2 amide bonds. The first-order chi connectivity index (χ1) is 15.9. The molecular weight excluding hydrogens is 420 g/mol. The van der Waals surface area contributed by atoms with Crippen LogP contribution in [0.15, 0.2) is 60.7 Å². The van der Waals surface area contributed by atoms with Crippen molar-refractivity contribution in [1.82, 2.24) is 9.80 Å². The Morgan fingerprint density at radius 2 is 0.882 bits per heavy atom. The third-order valence-corrected chi connectivity index (χ3v) is 6.29. The lowest BCUT2D eigenvalue weighted by Crippen LogP contribution is -2.49. The summed E-state index contributed by atoms with van der Waals surface area (Å²) in [6.45, 7) is 15.3. The zero-order valence-electron chi connectivity index (χ0n) is 21.5. The van der Waals surface area contributed by atoms with E-state index in [1.165, 1.54) is 11.1 Å². The molecule has 0 aliphatic carbocycles. The third-order valence-electron chi connectivity index (χ3n) is 6.29. The van der Waals surface area contributed by atoms with Gasteiger partial charge in [-0.3, -0.25) is 9.59 Å². The minimum atomic E-state index is -0.0125. The summed E-state index contributed by atoms with van der Waals surface area (Å²) < 4.78 is 0. The van der Waals surface area contributed by atoms with E-state index in [-0.39, 0.29) is 22.6 Å². The monoisotopic (exact) mass is 458 g/mol. The fraction of sp³-hybridized carbons (Fsp3) is 0.400. The minimum absolute atomic E-state index is 0.0125. The summed E-state index contributed by atoms with van der Waals surface area (Å²) in [5.74, 6) is -0.0250. The second-order valence-electron chi connectivity index (χ2n) is 11.1. The van der Waals surface area contributed by atoms with E-state index in [2.05, 4.69) is 65.8 Å². The van der Waals surface area contributed by atoms with Crippen molar-refractivity contribution in [2.24, 2.45) is 0 Å². The Kier molecular flexibility index (Phi) is 7.81. The molecule has 0 aromatic heterocycles. The Balaban J connectivity index is 1.49. The molecule has 180 valence electrons. The molecule has 34 heavy (non-hydrogen) atoms. The van der Waals surface area contributed by atoms with E-state index in [0.717, 1.165) is 11.1 Å². The number of rotatable bonds is 4. The summed E-state index contributed by atoms with van der Waals surface area (Å²) >= 11 is 0. The molecule has 0 saturated carbocycles. The molecule has 2 aromatic carbocycles. The Morgan fingerprint density at radius 1 is 0.588 bits per heavy atom. The summed E-state index contributed by atoms with van der Waals surface area (Å²) in [5.41, 5.74) is 4.79. The van der Waals surface area contributed by atoms with Gasteiger partial charge in [-0.25, -0.2) is 0 Å². The Labute approximate surface area is 205 Å². The lowest BCUT2D eigenvalue weighted by molar-refractivity contribution is -0.133. The Bertz CT molecular complexity index is 953. The van der Waals surface area contributed by atoms with Gasteiger partial charge in [-0.05, 0) is 45.2 Å². The van der Waals surface area contributed by atoms with Gasteiger partial charge < -0.3 is 9.80 Å².